The van der Waals surface area contributed by atoms with Gasteiger partial charge in [0.25, 0.3) is 11.8 Å². The fraction of sp³-hybridized carbons (Fsp3) is 0.375. The van der Waals surface area contributed by atoms with Crippen LogP contribution < -0.4 is 5.48 Å². The molecule has 0 fully saturated rings. The molecule has 0 saturated carbocycles. The molecule has 2 aromatic heterocycles. The summed E-state index contributed by atoms with van der Waals surface area (Å²) in [4.78, 5) is 34.2. The molecule has 8 heteroatoms. The fourth-order valence-electron chi connectivity index (χ4n) is 3.67. The van der Waals surface area contributed by atoms with E-state index in [1.54, 1.807) is 5.48 Å². The molecule has 3 heterocycles. The molecule has 0 atom stereocenters. The van der Waals surface area contributed by atoms with E-state index >= 15 is 0 Å². The van der Waals surface area contributed by atoms with Crippen molar-refractivity contribution in [3.8, 4) is 0 Å². The Labute approximate surface area is 196 Å². The number of nitrogens with zero attached hydrogens (tertiary/aromatic N) is 2. The lowest BCUT2D eigenvalue weighted by atomic mass is 10.0. The second-order valence-corrected chi connectivity index (χ2v) is 9.85. The fourth-order valence-corrected chi connectivity index (χ4v) is 6.00. The third kappa shape index (κ3) is 4.77. The van der Waals surface area contributed by atoms with Crippen molar-refractivity contribution < 1.29 is 14.8 Å². The van der Waals surface area contributed by atoms with Crippen LogP contribution in [0.2, 0.25) is 0 Å². The standard InChI is InChI=1S/C24H29N3O3S2/c1-6-8-9-10-17(14(3)7-2)23-25-16(5)21(32-23)24(29)27-12-11-19-18(13-27)15(4)20(31-19)22(28)26-30/h6,8-10,30H,7,11-13H2,1-5H3,(H,26,28)/b8-6-,10-9-,17-14-. The summed E-state index contributed by atoms with van der Waals surface area (Å²) in [5.74, 6) is -0.527. The summed E-state index contributed by atoms with van der Waals surface area (Å²) in [5, 5.41) is 9.85. The van der Waals surface area contributed by atoms with Gasteiger partial charge in [-0.25, -0.2) is 10.5 Å². The number of nitrogens with one attached hydrogen (secondary N) is 1. The molecule has 1 aliphatic heterocycles. The van der Waals surface area contributed by atoms with Crippen molar-refractivity contribution >= 4 is 40.1 Å². The van der Waals surface area contributed by atoms with Crippen LogP contribution in [0.1, 0.15) is 73.2 Å². The van der Waals surface area contributed by atoms with Crippen molar-refractivity contribution in [1.82, 2.24) is 15.4 Å². The number of aromatic nitrogens is 1. The van der Waals surface area contributed by atoms with E-state index in [-0.39, 0.29) is 5.91 Å². The quantitative estimate of drug-likeness (QED) is 0.333. The molecule has 3 rings (SSSR count). The maximum atomic E-state index is 13.4. The van der Waals surface area contributed by atoms with Gasteiger partial charge in [0, 0.05) is 23.5 Å². The van der Waals surface area contributed by atoms with Crippen molar-refractivity contribution in [2.45, 2.75) is 54.0 Å². The SMILES string of the molecule is C\C=C/C=C\C(=C(/C)CC)c1nc(C)c(C(=O)N2CCc3sc(C(=O)NO)c(C)c3C2)s1. The molecule has 2 N–H and O–H groups in total. The zero-order valence-corrected chi connectivity index (χ0v) is 20.7. The topological polar surface area (TPSA) is 82.5 Å². The molecule has 1 aliphatic rings. The first-order valence-electron chi connectivity index (χ1n) is 10.6. The first kappa shape index (κ1) is 24.1. The van der Waals surface area contributed by atoms with Crippen LogP contribution in [0.15, 0.2) is 29.9 Å². The van der Waals surface area contributed by atoms with E-state index in [9.17, 15) is 9.59 Å². The number of carbonyl (C=O) groups excluding carboxylic acids is 2. The maximum absolute atomic E-state index is 13.4. The number of carbonyl (C=O) groups is 2. The highest BCUT2D eigenvalue weighted by atomic mass is 32.1. The number of amides is 2. The van der Waals surface area contributed by atoms with Gasteiger partial charge < -0.3 is 4.90 Å². The highest BCUT2D eigenvalue weighted by molar-refractivity contribution is 7.15. The van der Waals surface area contributed by atoms with Crippen molar-refractivity contribution in [1.29, 1.82) is 0 Å². The van der Waals surface area contributed by atoms with Crippen LogP contribution >= 0.6 is 22.7 Å². The summed E-state index contributed by atoms with van der Waals surface area (Å²) in [6, 6.07) is 0. The van der Waals surface area contributed by atoms with Gasteiger partial charge >= 0.3 is 0 Å². The molecule has 32 heavy (non-hydrogen) atoms. The van der Waals surface area contributed by atoms with E-state index in [0.29, 0.717) is 29.3 Å². The average molecular weight is 472 g/mol. The van der Waals surface area contributed by atoms with Gasteiger partial charge in [-0.1, -0.05) is 36.8 Å². The predicted octanol–water partition coefficient (Wildman–Crippen LogP) is 5.45. The van der Waals surface area contributed by atoms with Gasteiger partial charge in [0.15, 0.2) is 0 Å². The van der Waals surface area contributed by atoms with Crippen LogP contribution in [0.3, 0.4) is 0 Å². The number of allylic oxidation sites excluding steroid dienone is 6. The number of hydroxylamine groups is 1. The summed E-state index contributed by atoms with van der Waals surface area (Å²) in [6.07, 6.45) is 9.62. The third-order valence-electron chi connectivity index (χ3n) is 5.69. The van der Waals surface area contributed by atoms with Gasteiger partial charge in [0.1, 0.15) is 9.88 Å². The van der Waals surface area contributed by atoms with Crippen molar-refractivity contribution in [2.75, 3.05) is 6.54 Å². The molecule has 0 aromatic carbocycles. The lowest BCUT2D eigenvalue weighted by molar-refractivity contribution is 0.0710. The third-order valence-corrected chi connectivity index (χ3v) is 8.26. The number of hydrogen-bond acceptors (Lipinski definition) is 6. The second-order valence-electron chi connectivity index (χ2n) is 7.74. The van der Waals surface area contributed by atoms with Crippen LogP contribution in [0, 0.1) is 13.8 Å². The number of hydrogen-bond donors (Lipinski definition) is 2. The summed E-state index contributed by atoms with van der Waals surface area (Å²) < 4.78 is 0. The lowest BCUT2D eigenvalue weighted by Crippen LogP contribution is -2.35. The lowest BCUT2D eigenvalue weighted by Gasteiger charge is -2.27. The van der Waals surface area contributed by atoms with Crippen LogP contribution in [0.5, 0.6) is 0 Å². The van der Waals surface area contributed by atoms with E-state index in [4.69, 9.17) is 10.2 Å². The molecule has 0 aliphatic carbocycles. The monoisotopic (exact) mass is 471 g/mol. The maximum Gasteiger partial charge on any atom is 0.284 e. The number of thiophene rings is 1. The van der Waals surface area contributed by atoms with E-state index < -0.39 is 5.91 Å². The van der Waals surface area contributed by atoms with Gasteiger partial charge in [-0.2, -0.15) is 0 Å². The Morgan fingerprint density at radius 3 is 2.62 bits per heavy atom. The van der Waals surface area contributed by atoms with Crippen LogP contribution in [0.4, 0.5) is 0 Å². The number of thiazole rings is 1. The molecule has 0 saturated heterocycles. The van der Waals surface area contributed by atoms with Crippen LogP contribution in [-0.2, 0) is 13.0 Å². The zero-order valence-electron chi connectivity index (χ0n) is 19.1. The van der Waals surface area contributed by atoms with E-state index in [2.05, 4.69) is 19.9 Å². The summed E-state index contributed by atoms with van der Waals surface area (Å²) >= 11 is 2.83. The molecule has 0 spiro atoms. The summed E-state index contributed by atoms with van der Waals surface area (Å²) in [5.41, 5.74) is 6.58. The van der Waals surface area contributed by atoms with Gasteiger partial charge in [-0.15, -0.1) is 22.7 Å². The molecular formula is C24H29N3O3S2. The second kappa shape index (κ2) is 10.4. The van der Waals surface area contributed by atoms with Gasteiger partial charge in [0.2, 0.25) is 0 Å². The summed E-state index contributed by atoms with van der Waals surface area (Å²) in [7, 11) is 0. The van der Waals surface area contributed by atoms with Crippen molar-refractivity contribution in [2.24, 2.45) is 0 Å². The van der Waals surface area contributed by atoms with Crippen LogP contribution in [0.25, 0.3) is 5.57 Å². The molecule has 0 bridgehead atoms. The minimum absolute atomic E-state index is 0.0263. The minimum Gasteiger partial charge on any atom is -0.333 e. The van der Waals surface area contributed by atoms with E-state index in [1.807, 2.05) is 43.9 Å². The molecule has 2 amide bonds. The molecule has 0 radical (unpaired) electrons. The first-order valence-corrected chi connectivity index (χ1v) is 12.3. The Morgan fingerprint density at radius 1 is 1.22 bits per heavy atom. The molecule has 2 aromatic rings. The zero-order chi connectivity index (χ0) is 23.4. The van der Waals surface area contributed by atoms with E-state index in [0.717, 1.165) is 38.7 Å². The summed E-state index contributed by atoms with van der Waals surface area (Å²) in [6.45, 7) is 11.0. The molecular weight excluding hydrogens is 442 g/mol. The Hall–Kier alpha value is -2.55. The minimum atomic E-state index is -0.501. The molecule has 170 valence electrons. The number of rotatable bonds is 6. The molecule has 0 unspecified atom stereocenters. The number of fused-ring (bicyclic) bond motifs is 1. The Morgan fingerprint density at radius 2 is 1.97 bits per heavy atom. The Bertz CT molecular complexity index is 1120. The predicted molar refractivity (Wildman–Crippen MR) is 130 cm³/mol. The largest absolute Gasteiger partial charge is 0.333 e. The van der Waals surface area contributed by atoms with Gasteiger partial charge in [-0.05, 0) is 51.7 Å². The van der Waals surface area contributed by atoms with Crippen LogP contribution in [-0.4, -0.2) is 33.5 Å². The van der Waals surface area contributed by atoms with Crippen molar-refractivity contribution in [3.63, 3.8) is 0 Å². The normalized spacial score (nSPS) is 14.8. The Kier molecular flexibility index (Phi) is 7.82. The van der Waals surface area contributed by atoms with E-state index in [1.165, 1.54) is 28.2 Å². The first-order chi connectivity index (χ1) is 15.3. The number of aryl methyl sites for hydroxylation is 1. The van der Waals surface area contributed by atoms with Gasteiger partial charge in [-0.3, -0.25) is 14.8 Å². The molecule has 6 nitrogen and oxygen atoms in total. The highest BCUT2D eigenvalue weighted by Crippen LogP contribution is 2.35. The van der Waals surface area contributed by atoms with Crippen molar-refractivity contribution in [3.05, 3.63) is 66.3 Å². The average Bonchev–Trinajstić information content (AvgIpc) is 3.34. The Balaban J connectivity index is 1.89. The smallest absolute Gasteiger partial charge is 0.284 e. The highest BCUT2D eigenvalue weighted by Gasteiger charge is 2.29. The van der Waals surface area contributed by atoms with Gasteiger partial charge in [0.05, 0.1) is 10.6 Å².